The maximum absolute atomic E-state index is 13.1. The van der Waals surface area contributed by atoms with Crippen LogP contribution >= 0.6 is 0 Å². The van der Waals surface area contributed by atoms with Gasteiger partial charge in [-0.1, -0.05) is 65.8 Å². The number of carbonyl (C=O) groups is 2. The van der Waals surface area contributed by atoms with Crippen LogP contribution in [-0.2, 0) is 10.8 Å². The summed E-state index contributed by atoms with van der Waals surface area (Å²) in [5, 5.41) is 5.69. The molecule has 0 aliphatic heterocycles. The van der Waals surface area contributed by atoms with Gasteiger partial charge in [-0.3, -0.25) is 19.6 Å². The highest BCUT2D eigenvalue weighted by Crippen LogP contribution is 2.51. The van der Waals surface area contributed by atoms with Crippen molar-refractivity contribution < 1.29 is 27.2 Å². The molecule has 0 saturated heterocycles. The number of benzene rings is 2. The Morgan fingerprint density at radius 3 is 1.38 bits per heavy atom. The topological polar surface area (TPSA) is 84.0 Å². The molecule has 2 unspecified atom stereocenters. The lowest BCUT2D eigenvalue weighted by molar-refractivity contribution is 0.0999. The average Bonchev–Trinajstić information content (AvgIpc) is 3.53. The monoisotopic (exact) mass is 688 g/mol. The van der Waals surface area contributed by atoms with E-state index in [1.165, 1.54) is 47.8 Å². The molecule has 6 nitrogen and oxygen atoms in total. The minimum Gasteiger partial charge on any atom is -0.322 e. The van der Waals surface area contributed by atoms with E-state index in [-0.39, 0.29) is 22.0 Å². The van der Waals surface area contributed by atoms with Crippen LogP contribution in [0.3, 0.4) is 0 Å². The van der Waals surface area contributed by atoms with Crippen molar-refractivity contribution in [2.75, 3.05) is 10.6 Å². The number of anilines is 2. The molecular formula is C40H44F4N4O2. The molecule has 2 aliphatic rings. The molecule has 0 fully saturated rings. The smallest absolute Gasteiger partial charge is 0.281 e. The predicted molar refractivity (Wildman–Crippen MR) is 189 cm³/mol. The number of halogens is 4. The second-order valence-electron chi connectivity index (χ2n) is 14.3. The fourth-order valence-corrected chi connectivity index (χ4v) is 7.71. The number of rotatable bonds is 8. The van der Waals surface area contributed by atoms with Gasteiger partial charge in [-0.05, 0) is 107 Å². The summed E-state index contributed by atoms with van der Waals surface area (Å²) in [6.07, 6.45) is 0.942. The van der Waals surface area contributed by atoms with Gasteiger partial charge < -0.3 is 10.6 Å². The summed E-state index contributed by atoms with van der Waals surface area (Å²) >= 11 is 0. The molecule has 10 heteroatoms. The summed E-state index contributed by atoms with van der Waals surface area (Å²) in [7, 11) is 0. The summed E-state index contributed by atoms with van der Waals surface area (Å²) in [5.41, 5.74) is 5.07. The van der Waals surface area contributed by atoms with Crippen LogP contribution in [0.1, 0.15) is 146 Å². The Bertz CT molecular complexity index is 1740. The van der Waals surface area contributed by atoms with Gasteiger partial charge in [-0.25, -0.2) is 17.6 Å². The molecule has 0 bridgehead atoms. The Morgan fingerprint density at radius 1 is 0.660 bits per heavy atom. The van der Waals surface area contributed by atoms with Crippen molar-refractivity contribution in [1.29, 1.82) is 0 Å². The number of amides is 2. The van der Waals surface area contributed by atoms with Crippen molar-refractivity contribution in [2.24, 2.45) is 0 Å². The number of pyridine rings is 2. The Balaban J connectivity index is 0.000000194. The van der Waals surface area contributed by atoms with Crippen molar-refractivity contribution in [2.45, 2.75) is 103 Å². The van der Waals surface area contributed by atoms with Crippen LogP contribution in [0.5, 0.6) is 0 Å². The zero-order valence-electron chi connectivity index (χ0n) is 29.3. The Hall–Kier alpha value is -4.60. The van der Waals surface area contributed by atoms with E-state index in [9.17, 15) is 27.2 Å². The molecule has 2 aliphatic carbocycles. The minimum absolute atomic E-state index is 0.0409. The van der Waals surface area contributed by atoms with Crippen LogP contribution in [0.25, 0.3) is 0 Å². The number of nitrogens with zero attached hydrogens (tertiary/aromatic N) is 2. The van der Waals surface area contributed by atoms with Crippen LogP contribution in [0.2, 0.25) is 0 Å². The van der Waals surface area contributed by atoms with E-state index in [1.807, 2.05) is 24.3 Å². The lowest BCUT2D eigenvalue weighted by atomic mass is 9.86. The number of alkyl halides is 4. The van der Waals surface area contributed by atoms with Crippen LogP contribution in [0, 0.1) is 0 Å². The van der Waals surface area contributed by atoms with Crippen LogP contribution in [-0.4, -0.2) is 21.8 Å². The molecule has 2 amide bonds. The largest absolute Gasteiger partial charge is 0.322 e. The van der Waals surface area contributed by atoms with Crippen molar-refractivity contribution in [3.63, 3.8) is 0 Å². The molecule has 0 radical (unpaired) electrons. The maximum Gasteiger partial charge on any atom is 0.281 e. The predicted octanol–water partition coefficient (Wildman–Crippen LogP) is 10.9. The fourth-order valence-electron chi connectivity index (χ4n) is 7.71. The van der Waals surface area contributed by atoms with Gasteiger partial charge in [0.15, 0.2) is 0 Å². The number of hydrogen-bond donors (Lipinski definition) is 2. The Kier molecular flexibility index (Phi) is 10.8. The third-order valence-electron chi connectivity index (χ3n) is 10.1. The third-order valence-corrected chi connectivity index (χ3v) is 10.1. The van der Waals surface area contributed by atoms with Crippen molar-refractivity contribution >= 4 is 23.2 Å². The van der Waals surface area contributed by atoms with Gasteiger partial charge >= 0.3 is 0 Å². The molecule has 2 N–H and O–H groups in total. The summed E-state index contributed by atoms with van der Waals surface area (Å²) in [5.74, 6) is -0.386. The highest BCUT2D eigenvalue weighted by Gasteiger charge is 2.39. The molecule has 2 aromatic heterocycles. The number of nitrogens with one attached hydrogen (secondary N) is 2. The number of hydrogen-bond acceptors (Lipinski definition) is 4. The first kappa shape index (κ1) is 36.7. The van der Waals surface area contributed by atoms with Crippen LogP contribution in [0.4, 0.5) is 28.9 Å². The van der Waals surface area contributed by atoms with Crippen LogP contribution < -0.4 is 10.6 Å². The minimum atomic E-state index is -2.79. The van der Waals surface area contributed by atoms with E-state index >= 15 is 0 Å². The molecule has 4 aromatic rings. The first-order valence-corrected chi connectivity index (χ1v) is 17.1. The van der Waals surface area contributed by atoms with Gasteiger partial charge in [0.05, 0.1) is 11.1 Å². The number of aromatic nitrogens is 2. The maximum atomic E-state index is 13.1. The lowest BCUT2D eigenvalue weighted by Crippen LogP contribution is -2.17. The first-order valence-electron chi connectivity index (χ1n) is 17.1. The summed E-state index contributed by atoms with van der Waals surface area (Å²) in [6.45, 7) is 13.0. The second-order valence-corrected chi connectivity index (χ2v) is 14.3. The SMILES string of the molecule is CCC1CC(C)(C)c2cccc(NC(=O)c3cccnc3C(F)F)c21.CCC1CC(C)(C)c2cccc(NC(=O)c3cccnc3C(F)F)c21. The van der Waals surface area contributed by atoms with E-state index in [2.05, 4.69) is 74.3 Å². The van der Waals surface area contributed by atoms with Gasteiger partial charge in [0.1, 0.15) is 11.4 Å². The van der Waals surface area contributed by atoms with Gasteiger partial charge in [-0.2, -0.15) is 0 Å². The summed E-state index contributed by atoms with van der Waals surface area (Å²) in [4.78, 5) is 32.5. The van der Waals surface area contributed by atoms with E-state index in [0.29, 0.717) is 23.2 Å². The standard InChI is InChI=1S/2C20H22F2N2O/c2*1-4-12-11-20(2,3)14-8-5-9-15(16(12)14)24-19(25)13-7-6-10-23-17(13)18(21)22/h2*5-10,12,18H,4,11H2,1-3H3,(H,24,25). The van der Waals surface area contributed by atoms with E-state index in [4.69, 9.17) is 0 Å². The summed E-state index contributed by atoms with van der Waals surface area (Å²) < 4.78 is 52.5. The number of carbonyl (C=O) groups excluding carboxylic acids is 2. The molecule has 2 atom stereocenters. The third kappa shape index (κ3) is 7.30. The molecule has 6 rings (SSSR count). The molecule has 2 heterocycles. The average molecular weight is 689 g/mol. The number of fused-ring (bicyclic) bond motifs is 2. The molecular weight excluding hydrogens is 644 g/mol. The van der Waals surface area contributed by atoms with E-state index in [1.54, 1.807) is 0 Å². The van der Waals surface area contributed by atoms with Gasteiger partial charge in [0.25, 0.3) is 24.7 Å². The van der Waals surface area contributed by atoms with E-state index in [0.717, 1.165) is 36.8 Å². The van der Waals surface area contributed by atoms with Gasteiger partial charge in [0, 0.05) is 23.8 Å². The van der Waals surface area contributed by atoms with Crippen molar-refractivity contribution in [3.8, 4) is 0 Å². The summed E-state index contributed by atoms with van der Waals surface area (Å²) in [6, 6.07) is 17.4. The first-order chi connectivity index (χ1) is 23.7. The molecule has 50 heavy (non-hydrogen) atoms. The zero-order valence-corrected chi connectivity index (χ0v) is 29.3. The second kappa shape index (κ2) is 14.7. The molecule has 0 spiro atoms. The fraction of sp³-hybridized carbons (Fsp3) is 0.400. The van der Waals surface area contributed by atoms with Gasteiger partial charge in [-0.15, -0.1) is 0 Å². The highest BCUT2D eigenvalue weighted by atomic mass is 19.3. The van der Waals surface area contributed by atoms with Gasteiger partial charge in [0.2, 0.25) is 0 Å². The van der Waals surface area contributed by atoms with Crippen LogP contribution in [0.15, 0.2) is 73.1 Å². The van der Waals surface area contributed by atoms with Crippen molar-refractivity contribution in [3.05, 3.63) is 118 Å². The van der Waals surface area contributed by atoms with Crippen molar-refractivity contribution in [1.82, 2.24) is 9.97 Å². The molecule has 264 valence electrons. The molecule has 0 saturated carbocycles. The lowest BCUT2D eigenvalue weighted by Gasteiger charge is -2.19. The normalized spacial score (nSPS) is 18.2. The Labute approximate surface area is 291 Å². The Morgan fingerprint density at radius 2 is 1.04 bits per heavy atom. The zero-order chi connectivity index (χ0) is 36.4. The highest BCUT2D eigenvalue weighted by molar-refractivity contribution is 6.06. The quantitative estimate of drug-likeness (QED) is 0.181. The molecule has 2 aromatic carbocycles. The van der Waals surface area contributed by atoms with E-state index < -0.39 is 36.1 Å².